The molecule has 3 rings (SSSR count). The Morgan fingerprint density at radius 1 is 1.25 bits per heavy atom. The van der Waals surface area contributed by atoms with Gasteiger partial charge in [-0.05, 0) is 30.2 Å². The first kappa shape index (κ1) is 9.33. The van der Waals surface area contributed by atoms with Crippen LogP contribution in [0.1, 0.15) is 5.56 Å². The van der Waals surface area contributed by atoms with Crippen molar-refractivity contribution in [1.82, 2.24) is 0 Å². The molecule has 2 aliphatic rings. The molecule has 1 aromatic rings. The van der Waals surface area contributed by atoms with Crippen molar-refractivity contribution in [3.63, 3.8) is 0 Å². The summed E-state index contributed by atoms with van der Waals surface area (Å²) >= 11 is 0. The van der Waals surface area contributed by atoms with Gasteiger partial charge in [-0.2, -0.15) is 0 Å². The molecule has 0 spiro atoms. The summed E-state index contributed by atoms with van der Waals surface area (Å²) in [6.45, 7) is 0. The topological polar surface area (TPSA) is 61.3 Å². The van der Waals surface area contributed by atoms with E-state index < -0.39 is 0 Å². The van der Waals surface area contributed by atoms with Crippen LogP contribution in [0.4, 0.5) is 5.69 Å². The highest BCUT2D eigenvalue weighted by Gasteiger charge is 2.28. The number of allylic oxidation sites excluding steroid dienone is 1. The van der Waals surface area contributed by atoms with Crippen molar-refractivity contribution in [1.29, 1.82) is 0 Å². The summed E-state index contributed by atoms with van der Waals surface area (Å²) in [4.78, 5) is 0. The summed E-state index contributed by atoms with van der Waals surface area (Å²) in [5, 5.41) is 0. The number of anilines is 1. The monoisotopic (exact) mass is 214 g/mol. The van der Waals surface area contributed by atoms with Gasteiger partial charge in [0.2, 0.25) is 0 Å². The Kier molecular flexibility index (Phi) is 1.93. The highest BCUT2D eigenvalue weighted by Crippen LogP contribution is 2.35. The number of fused-ring (bicyclic) bond motifs is 2. The van der Waals surface area contributed by atoms with E-state index in [1.165, 1.54) is 5.56 Å². The van der Waals surface area contributed by atoms with Crippen LogP contribution in [-0.4, -0.2) is 6.10 Å². The van der Waals surface area contributed by atoms with Crippen molar-refractivity contribution in [3.8, 4) is 5.75 Å². The molecule has 0 aromatic heterocycles. The third kappa shape index (κ3) is 1.45. The smallest absolute Gasteiger partial charge is 0.126 e. The van der Waals surface area contributed by atoms with Gasteiger partial charge in [0.1, 0.15) is 11.9 Å². The zero-order valence-electron chi connectivity index (χ0n) is 8.89. The number of hydrogen-bond acceptors (Lipinski definition) is 3. The normalized spacial score (nSPS) is 26.4. The van der Waals surface area contributed by atoms with Gasteiger partial charge in [-0.15, -0.1) is 0 Å². The maximum atomic E-state index is 5.90. The van der Waals surface area contributed by atoms with Crippen molar-refractivity contribution in [2.24, 2.45) is 11.7 Å². The third-order valence-electron chi connectivity index (χ3n) is 3.12. The van der Waals surface area contributed by atoms with Gasteiger partial charge in [-0.1, -0.05) is 12.1 Å². The molecule has 0 fully saturated rings. The first-order chi connectivity index (χ1) is 7.72. The lowest BCUT2D eigenvalue weighted by atomic mass is 9.87. The van der Waals surface area contributed by atoms with E-state index in [2.05, 4.69) is 6.08 Å². The van der Waals surface area contributed by atoms with Crippen LogP contribution in [0.15, 0.2) is 42.1 Å². The van der Waals surface area contributed by atoms with Crippen LogP contribution in [0.5, 0.6) is 5.75 Å². The molecule has 1 aliphatic heterocycles. The average molecular weight is 214 g/mol. The van der Waals surface area contributed by atoms with Crippen LogP contribution in [0.3, 0.4) is 0 Å². The Balaban J connectivity index is 1.98. The minimum absolute atomic E-state index is 0.0549. The summed E-state index contributed by atoms with van der Waals surface area (Å²) in [7, 11) is 0. The Bertz CT molecular complexity index is 491. The summed E-state index contributed by atoms with van der Waals surface area (Å²) < 4.78 is 5.90. The van der Waals surface area contributed by atoms with Gasteiger partial charge in [0, 0.05) is 23.4 Å². The molecule has 16 heavy (non-hydrogen) atoms. The van der Waals surface area contributed by atoms with Crippen molar-refractivity contribution in [2.75, 3.05) is 5.73 Å². The van der Waals surface area contributed by atoms with E-state index in [9.17, 15) is 0 Å². The molecule has 0 radical (unpaired) electrons. The van der Waals surface area contributed by atoms with Crippen LogP contribution in [-0.2, 0) is 6.42 Å². The molecule has 3 nitrogen and oxygen atoms in total. The molecule has 3 heteroatoms. The van der Waals surface area contributed by atoms with Crippen LogP contribution >= 0.6 is 0 Å². The maximum absolute atomic E-state index is 5.90. The Labute approximate surface area is 94.4 Å². The van der Waals surface area contributed by atoms with Gasteiger partial charge in [0.05, 0.1) is 0 Å². The van der Waals surface area contributed by atoms with Gasteiger partial charge in [-0.3, -0.25) is 0 Å². The zero-order valence-corrected chi connectivity index (χ0v) is 8.89. The van der Waals surface area contributed by atoms with Crippen molar-refractivity contribution < 1.29 is 4.74 Å². The molecular weight excluding hydrogens is 200 g/mol. The van der Waals surface area contributed by atoms with Gasteiger partial charge in [0.15, 0.2) is 0 Å². The molecular formula is C13H14N2O. The molecule has 0 bridgehead atoms. The lowest BCUT2D eigenvalue weighted by molar-refractivity contribution is 0.177. The highest BCUT2D eigenvalue weighted by atomic mass is 16.5. The summed E-state index contributed by atoms with van der Waals surface area (Å²) in [5.74, 6) is 1.28. The fourth-order valence-electron chi connectivity index (χ4n) is 2.27. The molecule has 82 valence electrons. The quantitative estimate of drug-likeness (QED) is 0.645. The number of hydrogen-bond donors (Lipinski definition) is 2. The Morgan fingerprint density at radius 3 is 3.00 bits per heavy atom. The maximum Gasteiger partial charge on any atom is 0.126 e. The van der Waals surface area contributed by atoms with E-state index in [-0.39, 0.29) is 6.10 Å². The van der Waals surface area contributed by atoms with E-state index in [0.29, 0.717) is 5.92 Å². The molecule has 1 aromatic carbocycles. The third-order valence-corrected chi connectivity index (χ3v) is 3.12. The molecule has 2 atom stereocenters. The second-order valence-corrected chi connectivity index (χ2v) is 4.34. The number of ether oxygens (including phenoxy) is 1. The second kappa shape index (κ2) is 3.30. The molecule has 1 aliphatic carbocycles. The fraction of sp³-hybridized carbons (Fsp3) is 0.231. The summed E-state index contributed by atoms with van der Waals surface area (Å²) in [6, 6.07) is 5.84. The van der Waals surface area contributed by atoms with Crippen LogP contribution < -0.4 is 16.2 Å². The van der Waals surface area contributed by atoms with Crippen LogP contribution in [0.25, 0.3) is 0 Å². The number of rotatable bonds is 0. The average Bonchev–Trinajstić information content (AvgIpc) is 2.26. The van der Waals surface area contributed by atoms with Crippen LogP contribution in [0, 0.1) is 5.92 Å². The highest BCUT2D eigenvalue weighted by molar-refractivity contribution is 5.50. The van der Waals surface area contributed by atoms with Crippen molar-refractivity contribution in [2.45, 2.75) is 12.5 Å². The summed E-state index contributed by atoms with van der Waals surface area (Å²) in [5.41, 5.74) is 14.2. The minimum atomic E-state index is 0.0549. The van der Waals surface area contributed by atoms with Gasteiger partial charge < -0.3 is 16.2 Å². The number of nitrogen functional groups attached to an aromatic ring is 1. The standard InChI is InChI=1S/C13H14N2O/c14-10-3-1-8-5-9-2-4-11(15)7-13(9)16-12(8)6-10/h1-4,6-8,12H,5,14-15H2. The SMILES string of the molecule is NC1=CC2Oc3cc(N)ccc3CC2C=C1. The lowest BCUT2D eigenvalue weighted by Crippen LogP contribution is -2.32. The molecule has 0 saturated heterocycles. The Morgan fingerprint density at radius 2 is 2.12 bits per heavy atom. The molecule has 0 saturated carbocycles. The number of benzene rings is 1. The van der Waals surface area contributed by atoms with Gasteiger partial charge >= 0.3 is 0 Å². The van der Waals surface area contributed by atoms with E-state index >= 15 is 0 Å². The molecule has 0 amide bonds. The van der Waals surface area contributed by atoms with Gasteiger partial charge in [0.25, 0.3) is 0 Å². The van der Waals surface area contributed by atoms with E-state index in [1.807, 2.05) is 30.4 Å². The second-order valence-electron chi connectivity index (χ2n) is 4.34. The van der Waals surface area contributed by atoms with Crippen molar-refractivity contribution in [3.05, 3.63) is 47.7 Å². The van der Waals surface area contributed by atoms with Crippen LogP contribution in [0.2, 0.25) is 0 Å². The fourth-order valence-corrected chi connectivity index (χ4v) is 2.27. The summed E-state index contributed by atoms with van der Waals surface area (Å²) in [6.07, 6.45) is 7.09. The first-order valence-electron chi connectivity index (χ1n) is 5.43. The Hall–Kier alpha value is -1.90. The van der Waals surface area contributed by atoms with Crippen molar-refractivity contribution >= 4 is 5.69 Å². The van der Waals surface area contributed by atoms with E-state index in [1.54, 1.807) is 0 Å². The molecule has 4 N–H and O–H groups in total. The molecule has 1 heterocycles. The predicted octanol–water partition coefficient (Wildman–Crippen LogP) is 1.60. The number of nitrogens with two attached hydrogens (primary N) is 2. The minimum Gasteiger partial charge on any atom is -0.485 e. The van der Waals surface area contributed by atoms with E-state index in [4.69, 9.17) is 16.2 Å². The lowest BCUT2D eigenvalue weighted by Gasteiger charge is -2.32. The molecule has 2 unspecified atom stereocenters. The van der Waals surface area contributed by atoms with Gasteiger partial charge in [-0.25, -0.2) is 0 Å². The van der Waals surface area contributed by atoms with E-state index in [0.717, 1.165) is 23.6 Å². The predicted molar refractivity (Wildman–Crippen MR) is 63.9 cm³/mol. The largest absolute Gasteiger partial charge is 0.485 e. The first-order valence-corrected chi connectivity index (χ1v) is 5.43. The zero-order chi connectivity index (χ0) is 11.1.